The molecular weight excluding hydrogens is 296 g/mol. The summed E-state index contributed by atoms with van der Waals surface area (Å²) in [5.41, 5.74) is 4.57. The summed E-state index contributed by atoms with van der Waals surface area (Å²) in [5, 5.41) is 4.36. The number of hydrazine groups is 1. The van der Waals surface area contributed by atoms with Crippen LogP contribution in [0.4, 0.5) is 0 Å². The van der Waals surface area contributed by atoms with E-state index in [0.29, 0.717) is 0 Å². The predicted octanol–water partition coefficient (Wildman–Crippen LogP) is 1.74. The van der Waals surface area contributed by atoms with Crippen LogP contribution in [0.15, 0.2) is 34.9 Å². The fourth-order valence-electron chi connectivity index (χ4n) is 1.84. The van der Waals surface area contributed by atoms with Gasteiger partial charge < -0.3 is 4.74 Å². The van der Waals surface area contributed by atoms with E-state index in [0.717, 1.165) is 21.5 Å². The summed E-state index contributed by atoms with van der Waals surface area (Å²) in [4.78, 5) is 0. The van der Waals surface area contributed by atoms with Crippen LogP contribution in [0.1, 0.15) is 17.3 Å². The van der Waals surface area contributed by atoms with Crippen LogP contribution in [0.25, 0.3) is 0 Å². The highest BCUT2D eigenvalue weighted by Gasteiger charge is 2.19. The molecule has 0 bridgehead atoms. The number of ether oxygens (including phenoxy) is 1. The van der Waals surface area contributed by atoms with Crippen molar-refractivity contribution in [3.05, 3.63) is 46.2 Å². The SMILES string of the molecule is COc1cc(Br)ccc1C(NN)c1ccn(C)n1. The zero-order chi connectivity index (χ0) is 13.1. The van der Waals surface area contributed by atoms with Crippen LogP contribution in [0, 0.1) is 0 Å². The standard InChI is InChI=1S/C12H15BrN4O/c1-17-6-5-10(16-17)12(15-14)9-4-3-8(13)7-11(9)18-2/h3-7,12,15H,14H2,1-2H3. The maximum atomic E-state index is 5.64. The molecule has 1 aromatic carbocycles. The van der Waals surface area contributed by atoms with Gasteiger partial charge in [0.2, 0.25) is 0 Å². The lowest BCUT2D eigenvalue weighted by Crippen LogP contribution is -2.29. The lowest BCUT2D eigenvalue weighted by Gasteiger charge is -2.17. The van der Waals surface area contributed by atoms with Crippen molar-refractivity contribution >= 4 is 15.9 Å². The van der Waals surface area contributed by atoms with Crippen molar-refractivity contribution in [1.29, 1.82) is 0 Å². The Hall–Kier alpha value is -1.37. The number of nitrogens with one attached hydrogen (secondary N) is 1. The zero-order valence-corrected chi connectivity index (χ0v) is 11.8. The van der Waals surface area contributed by atoms with Gasteiger partial charge in [0.15, 0.2) is 0 Å². The first-order valence-electron chi connectivity index (χ1n) is 5.45. The molecule has 6 heteroatoms. The number of aromatic nitrogens is 2. The van der Waals surface area contributed by atoms with Crippen LogP contribution in [0.3, 0.4) is 0 Å². The quantitative estimate of drug-likeness (QED) is 0.667. The van der Waals surface area contributed by atoms with Crippen LogP contribution in [0.2, 0.25) is 0 Å². The minimum atomic E-state index is -0.200. The Morgan fingerprint density at radius 3 is 2.78 bits per heavy atom. The van der Waals surface area contributed by atoms with Gasteiger partial charge >= 0.3 is 0 Å². The molecule has 3 N–H and O–H groups in total. The minimum Gasteiger partial charge on any atom is -0.496 e. The molecule has 1 atom stereocenters. The third-order valence-electron chi connectivity index (χ3n) is 2.70. The lowest BCUT2D eigenvalue weighted by atomic mass is 10.0. The van der Waals surface area contributed by atoms with Crippen LogP contribution in [-0.2, 0) is 7.05 Å². The topological polar surface area (TPSA) is 65.1 Å². The van der Waals surface area contributed by atoms with Crippen molar-refractivity contribution in [3.8, 4) is 5.75 Å². The molecule has 5 nitrogen and oxygen atoms in total. The highest BCUT2D eigenvalue weighted by molar-refractivity contribution is 9.10. The zero-order valence-electron chi connectivity index (χ0n) is 10.2. The molecule has 1 heterocycles. The highest BCUT2D eigenvalue weighted by Crippen LogP contribution is 2.31. The second kappa shape index (κ2) is 5.51. The number of aryl methyl sites for hydroxylation is 1. The Morgan fingerprint density at radius 1 is 1.44 bits per heavy atom. The van der Waals surface area contributed by atoms with Gasteiger partial charge in [0.05, 0.1) is 18.8 Å². The van der Waals surface area contributed by atoms with Crippen molar-refractivity contribution in [2.45, 2.75) is 6.04 Å². The molecule has 1 aromatic heterocycles. The molecule has 0 aliphatic carbocycles. The summed E-state index contributed by atoms with van der Waals surface area (Å²) in [5.74, 6) is 6.40. The number of halogens is 1. The van der Waals surface area contributed by atoms with Crippen LogP contribution < -0.4 is 16.0 Å². The monoisotopic (exact) mass is 310 g/mol. The first kappa shape index (κ1) is 13.1. The van der Waals surface area contributed by atoms with Crippen molar-refractivity contribution in [3.63, 3.8) is 0 Å². The Kier molecular flexibility index (Phi) is 4.00. The minimum absolute atomic E-state index is 0.200. The van der Waals surface area contributed by atoms with Gasteiger partial charge in [0, 0.05) is 23.3 Å². The molecule has 2 rings (SSSR count). The summed E-state index contributed by atoms with van der Waals surface area (Å²) in [6, 6.07) is 7.54. The molecule has 0 fully saturated rings. The Labute approximate surface area is 114 Å². The summed E-state index contributed by atoms with van der Waals surface area (Å²) in [6.07, 6.45) is 1.88. The van der Waals surface area contributed by atoms with Gasteiger partial charge in [-0.1, -0.05) is 22.0 Å². The van der Waals surface area contributed by atoms with E-state index in [9.17, 15) is 0 Å². The first-order valence-corrected chi connectivity index (χ1v) is 6.24. The average Bonchev–Trinajstić information content (AvgIpc) is 2.78. The molecule has 2 aromatic rings. The number of methoxy groups -OCH3 is 1. The molecule has 0 saturated heterocycles. The molecule has 0 aliphatic rings. The van der Waals surface area contributed by atoms with E-state index in [1.54, 1.807) is 11.8 Å². The average molecular weight is 311 g/mol. The lowest BCUT2D eigenvalue weighted by molar-refractivity contribution is 0.403. The van der Waals surface area contributed by atoms with E-state index in [1.165, 1.54) is 0 Å². The number of rotatable bonds is 4. The summed E-state index contributed by atoms with van der Waals surface area (Å²) < 4.78 is 8.08. The second-order valence-electron chi connectivity index (χ2n) is 3.90. The fourth-order valence-corrected chi connectivity index (χ4v) is 2.19. The van der Waals surface area contributed by atoms with Gasteiger partial charge in [0.25, 0.3) is 0 Å². The van der Waals surface area contributed by atoms with Gasteiger partial charge in [0.1, 0.15) is 5.75 Å². The van der Waals surface area contributed by atoms with Gasteiger partial charge in [-0.3, -0.25) is 10.5 Å². The van der Waals surface area contributed by atoms with E-state index in [1.807, 2.05) is 37.5 Å². The van der Waals surface area contributed by atoms with E-state index >= 15 is 0 Å². The van der Waals surface area contributed by atoms with Gasteiger partial charge in [-0.15, -0.1) is 0 Å². The normalized spacial score (nSPS) is 12.4. The van der Waals surface area contributed by atoms with Crippen LogP contribution >= 0.6 is 15.9 Å². The molecule has 0 spiro atoms. The third-order valence-corrected chi connectivity index (χ3v) is 3.20. The largest absolute Gasteiger partial charge is 0.496 e. The number of hydrogen-bond acceptors (Lipinski definition) is 4. The number of benzene rings is 1. The van der Waals surface area contributed by atoms with E-state index < -0.39 is 0 Å². The third kappa shape index (κ3) is 2.55. The highest BCUT2D eigenvalue weighted by atomic mass is 79.9. The molecule has 0 aliphatic heterocycles. The molecular formula is C12H15BrN4O. The molecule has 0 radical (unpaired) electrons. The Morgan fingerprint density at radius 2 is 2.22 bits per heavy atom. The van der Waals surface area contributed by atoms with E-state index in [2.05, 4.69) is 26.5 Å². The summed E-state index contributed by atoms with van der Waals surface area (Å²) >= 11 is 3.42. The van der Waals surface area contributed by atoms with Crippen LogP contribution in [0.5, 0.6) is 5.75 Å². The Bertz CT molecular complexity index is 541. The van der Waals surface area contributed by atoms with Crippen molar-refractivity contribution < 1.29 is 4.74 Å². The van der Waals surface area contributed by atoms with Gasteiger partial charge in [-0.25, -0.2) is 5.43 Å². The smallest absolute Gasteiger partial charge is 0.125 e. The predicted molar refractivity (Wildman–Crippen MR) is 73.1 cm³/mol. The van der Waals surface area contributed by atoms with E-state index in [4.69, 9.17) is 10.6 Å². The molecule has 1 unspecified atom stereocenters. The fraction of sp³-hybridized carbons (Fsp3) is 0.250. The maximum Gasteiger partial charge on any atom is 0.125 e. The van der Waals surface area contributed by atoms with Gasteiger partial charge in [-0.05, 0) is 18.2 Å². The summed E-state index contributed by atoms with van der Waals surface area (Å²) in [6.45, 7) is 0. The van der Waals surface area contributed by atoms with Crippen molar-refractivity contribution in [2.75, 3.05) is 7.11 Å². The van der Waals surface area contributed by atoms with Crippen LogP contribution in [-0.4, -0.2) is 16.9 Å². The summed E-state index contributed by atoms with van der Waals surface area (Å²) in [7, 11) is 3.51. The first-order chi connectivity index (χ1) is 8.65. The molecule has 96 valence electrons. The molecule has 18 heavy (non-hydrogen) atoms. The Balaban J connectivity index is 2.44. The van der Waals surface area contributed by atoms with Gasteiger partial charge in [-0.2, -0.15) is 5.10 Å². The number of nitrogens with two attached hydrogens (primary N) is 1. The van der Waals surface area contributed by atoms with Crippen molar-refractivity contribution in [2.24, 2.45) is 12.9 Å². The van der Waals surface area contributed by atoms with Crippen molar-refractivity contribution in [1.82, 2.24) is 15.2 Å². The van der Waals surface area contributed by atoms with E-state index in [-0.39, 0.29) is 6.04 Å². The molecule has 0 amide bonds. The molecule has 0 saturated carbocycles. The number of nitrogens with zero attached hydrogens (tertiary/aromatic N) is 2. The maximum absolute atomic E-state index is 5.64. The second-order valence-corrected chi connectivity index (χ2v) is 4.82. The number of hydrogen-bond donors (Lipinski definition) is 2.